The van der Waals surface area contributed by atoms with Gasteiger partial charge >= 0.3 is 12.3 Å². The number of primary amides is 1. The number of amides is 3. The Labute approximate surface area is 303 Å². The number of tetrazole rings is 1. The van der Waals surface area contributed by atoms with Crippen LogP contribution in [0.3, 0.4) is 0 Å². The molecule has 1 aliphatic rings. The van der Waals surface area contributed by atoms with Crippen LogP contribution in [-0.4, -0.2) is 73.3 Å². The zero-order valence-corrected chi connectivity index (χ0v) is 29.3. The van der Waals surface area contributed by atoms with Crippen molar-refractivity contribution in [1.29, 1.82) is 0 Å². The van der Waals surface area contributed by atoms with Crippen LogP contribution in [0.25, 0.3) is 22.5 Å². The summed E-state index contributed by atoms with van der Waals surface area (Å²) in [5.74, 6) is -0.864. The lowest BCUT2D eigenvalue weighted by Gasteiger charge is -2.36. The number of aromatic nitrogens is 5. The van der Waals surface area contributed by atoms with Crippen molar-refractivity contribution in [3.8, 4) is 22.5 Å². The summed E-state index contributed by atoms with van der Waals surface area (Å²) in [6.45, 7) is 5.54. The molecule has 282 valence electrons. The molecule has 0 bridgehead atoms. The Morgan fingerprint density at radius 2 is 1.64 bits per heavy atom. The number of halogens is 3. The molecule has 4 aromatic rings. The maximum Gasteiger partial charge on any atom is 0.433 e. The lowest BCUT2D eigenvalue weighted by atomic mass is 9.81. The molecule has 17 heteroatoms. The summed E-state index contributed by atoms with van der Waals surface area (Å²) in [6.07, 6.45) is -1.61. The first-order valence-electron chi connectivity index (χ1n) is 16.7. The number of alkyl halides is 3. The minimum atomic E-state index is -4.64. The molecular formula is C36H41F3N8O6. The van der Waals surface area contributed by atoms with E-state index in [-0.39, 0.29) is 30.3 Å². The maximum atomic E-state index is 14.3. The molecule has 1 fully saturated rings. The number of ether oxygens (including phenoxy) is 1. The average Bonchev–Trinajstić information content (AvgIpc) is 3.66. The number of alkyl carbamates (subject to hydrolysis) is 1. The molecule has 0 radical (unpaired) electrons. The molecule has 3 amide bonds. The monoisotopic (exact) mass is 738 g/mol. The third-order valence-corrected chi connectivity index (χ3v) is 8.54. The van der Waals surface area contributed by atoms with Gasteiger partial charge in [-0.1, -0.05) is 30.3 Å². The summed E-state index contributed by atoms with van der Waals surface area (Å²) in [4.78, 5) is 52.9. The number of nitrogens with one attached hydrogen (secondary N) is 2. The standard InChI is InChI=1S/C35H39F3N8O4.CH2O2/c1-34(2,3)50-33(49)41-20-22-8-12-25(13-9-22)32(48)46(26-16-14-24(15-17-26)31-42-44-45-43-31)28(30(39)47)19-21-6-10-23(11-7-21)27-5-4-18-40-29(27)35(36,37)38;2-1-3/h4-7,10-11,14-18,22,25,28H,8-9,12-13,19-20H2,1-3H3,(H2,39,47)(H,41,49)(H,42,43,44,45);1H,(H,2,3)/t22-,25-,28-;/m0./s1. The fourth-order valence-electron chi connectivity index (χ4n) is 6.10. The summed E-state index contributed by atoms with van der Waals surface area (Å²) >= 11 is 0. The van der Waals surface area contributed by atoms with Crippen LogP contribution < -0.4 is 16.0 Å². The van der Waals surface area contributed by atoms with Crippen LogP contribution >= 0.6 is 0 Å². The number of hydrogen-bond donors (Lipinski definition) is 4. The number of carbonyl (C=O) groups excluding carboxylic acids is 3. The van der Waals surface area contributed by atoms with E-state index in [1.807, 2.05) is 0 Å². The number of carboxylic acid groups (broad SMARTS) is 1. The molecule has 0 aliphatic heterocycles. The van der Waals surface area contributed by atoms with Crippen molar-refractivity contribution in [3.05, 3.63) is 78.1 Å². The van der Waals surface area contributed by atoms with Gasteiger partial charge in [0.15, 0.2) is 11.5 Å². The molecule has 2 aromatic heterocycles. The molecule has 0 saturated heterocycles. The average molecular weight is 739 g/mol. The fraction of sp³-hybridized carbons (Fsp3) is 0.389. The van der Waals surface area contributed by atoms with E-state index in [0.717, 1.165) is 6.20 Å². The zero-order chi connectivity index (χ0) is 38.8. The van der Waals surface area contributed by atoms with E-state index < -0.39 is 41.4 Å². The molecular weight excluding hydrogens is 697 g/mol. The van der Waals surface area contributed by atoms with Crippen LogP contribution in [0, 0.1) is 11.8 Å². The number of carbonyl (C=O) groups is 4. The predicted molar refractivity (Wildman–Crippen MR) is 187 cm³/mol. The number of rotatable bonds is 10. The number of pyridine rings is 1. The molecule has 1 saturated carbocycles. The van der Waals surface area contributed by atoms with E-state index in [1.165, 1.54) is 29.2 Å². The van der Waals surface area contributed by atoms with Crippen molar-refractivity contribution < 1.29 is 42.2 Å². The van der Waals surface area contributed by atoms with Gasteiger partial charge in [-0.05, 0) is 104 Å². The van der Waals surface area contributed by atoms with Gasteiger partial charge in [-0.2, -0.15) is 13.2 Å². The van der Waals surface area contributed by atoms with E-state index in [1.54, 1.807) is 57.2 Å². The van der Waals surface area contributed by atoms with Crippen molar-refractivity contribution in [2.75, 3.05) is 11.4 Å². The minimum absolute atomic E-state index is 0.0173. The predicted octanol–water partition coefficient (Wildman–Crippen LogP) is 5.41. The lowest BCUT2D eigenvalue weighted by Crippen LogP contribution is -2.52. The van der Waals surface area contributed by atoms with Gasteiger partial charge < -0.3 is 20.9 Å². The second kappa shape index (κ2) is 17.6. The highest BCUT2D eigenvalue weighted by Gasteiger charge is 2.37. The zero-order valence-electron chi connectivity index (χ0n) is 29.3. The van der Waals surface area contributed by atoms with E-state index in [2.05, 4.69) is 30.9 Å². The van der Waals surface area contributed by atoms with Gasteiger partial charge in [-0.3, -0.25) is 24.3 Å². The molecule has 53 heavy (non-hydrogen) atoms. The van der Waals surface area contributed by atoms with Gasteiger partial charge in [0.25, 0.3) is 6.47 Å². The smallest absolute Gasteiger partial charge is 0.433 e. The summed E-state index contributed by atoms with van der Waals surface area (Å²) in [6, 6.07) is 14.8. The van der Waals surface area contributed by atoms with Crippen LogP contribution in [0.2, 0.25) is 0 Å². The van der Waals surface area contributed by atoms with Crippen LogP contribution in [0.15, 0.2) is 66.9 Å². The van der Waals surface area contributed by atoms with Gasteiger partial charge in [0.1, 0.15) is 11.6 Å². The third kappa shape index (κ3) is 11.1. The largest absolute Gasteiger partial charge is 0.483 e. The van der Waals surface area contributed by atoms with Crippen molar-refractivity contribution >= 4 is 30.1 Å². The molecule has 1 atom stereocenters. The van der Waals surface area contributed by atoms with Gasteiger partial charge in [-0.15, -0.1) is 5.10 Å². The van der Waals surface area contributed by atoms with Crippen molar-refractivity contribution in [3.63, 3.8) is 0 Å². The Bertz CT molecular complexity index is 1820. The summed E-state index contributed by atoms with van der Waals surface area (Å²) in [5, 5.41) is 23.5. The highest BCUT2D eigenvalue weighted by atomic mass is 19.4. The van der Waals surface area contributed by atoms with Gasteiger partial charge in [0.2, 0.25) is 11.8 Å². The first-order chi connectivity index (χ1) is 25.1. The second-order valence-electron chi connectivity index (χ2n) is 13.4. The van der Waals surface area contributed by atoms with Crippen molar-refractivity contribution in [2.24, 2.45) is 17.6 Å². The Morgan fingerprint density at radius 1 is 1.02 bits per heavy atom. The first kappa shape index (κ1) is 39.9. The van der Waals surface area contributed by atoms with E-state index >= 15 is 0 Å². The van der Waals surface area contributed by atoms with E-state index in [4.69, 9.17) is 20.4 Å². The van der Waals surface area contributed by atoms with Crippen molar-refractivity contribution in [1.82, 2.24) is 30.9 Å². The van der Waals surface area contributed by atoms with Crippen LogP contribution in [0.4, 0.5) is 23.7 Å². The number of nitrogens with two attached hydrogens (primary N) is 1. The lowest BCUT2D eigenvalue weighted by molar-refractivity contribution is -0.140. The molecule has 1 aliphatic carbocycles. The van der Waals surface area contributed by atoms with Crippen LogP contribution in [-0.2, 0) is 31.7 Å². The Morgan fingerprint density at radius 3 is 2.19 bits per heavy atom. The highest BCUT2D eigenvalue weighted by molar-refractivity contribution is 6.01. The molecule has 5 rings (SSSR count). The van der Waals surface area contributed by atoms with Crippen LogP contribution in [0.1, 0.15) is 57.7 Å². The maximum absolute atomic E-state index is 14.3. The Kier molecular flexibility index (Phi) is 13.2. The van der Waals surface area contributed by atoms with Gasteiger partial charge in [-0.25, -0.2) is 9.89 Å². The Hall–Kier alpha value is -5.87. The normalized spacial score (nSPS) is 16.3. The van der Waals surface area contributed by atoms with Gasteiger partial charge in [0.05, 0.1) is 0 Å². The van der Waals surface area contributed by atoms with E-state index in [9.17, 15) is 27.6 Å². The number of nitrogens with zero attached hydrogens (tertiary/aromatic N) is 5. The SMILES string of the molecule is CC(C)(C)OC(=O)NC[C@H]1CC[C@H](C(=O)N(c2ccc(-c3nnn[nH]3)cc2)[C@@H](Cc2ccc(-c3cccnc3C(F)(F)F)cc2)C(N)=O)CC1.O=CO. The Balaban J connectivity index is 0.00000202. The number of aromatic amines is 1. The molecule has 14 nitrogen and oxygen atoms in total. The number of H-pyrrole nitrogens is 1. The molecule has 5 N–H and O–H groups in total. The number of benzene rings is 2. The topological polar surface area (TPSA) is 206 Å². The third-order valence-electron chi connectivity index (χ3n) is 8.54. The fourth-order valence-corrected chi connectivity index (χ4v) is 6.10. The second-order valence-corrected chi connectivity index (χ2v) is 13.4. The first-order valence-corrected chi connectivity index (χ1v) is 16.7. The molecule has 0 unspecified atom stereocenters. The summed E-state index contributed by atoms with van der Waals surface area (Å²) in [5.41, 5.74) is 6.26. The quantitative estimate of drug-likeness (QED) is 0.152. The van der Waals surface area contributed by atoms with Crippen molar-refractivity contribution in [2.45, 2.75) is 70.7 Å². The molecule has 2 aromatic carbocycles. The molecule has 2 heterocycles. The number of hydrogen-bond acceptors (Lipinski definition) is 9. The highest BCUT2D eigenvalue weighted by Crippen LogP contribution is 2.36. The molecule has 0 spiro atoms. The van der Waals surface area contributed by atoms with E-state index in [0.29, 0.717) is 60.4 Å². The van der Waals surface area contributed by atoms with Crippen LogP contribution in [0.5, 0.6) is 0 Å². The number of anilines is 1. The van der Waals surface area contributed by atoms with Gasteiger partial charge in [0, 0.05) is 41.9 Å². The summed E-state index contributed by atoms with van der Waals surface area (Å²) in [7, 11) is 0. The summed E-state index contributed by atoms with van der Waals surface area (Å²) < 4.78 is 46.2. The minimum Gasteiger partial charge on any atom is -0.483 e.